The number of phosphoric acid groups is 1. The summed E-state index contributed by atoms with van der Waals surface area (Å²) in [7, 11) is -4.51. The Balaban J connectivity index is 0. The average molecular weight is 515 g/mol. The highest BCUT2D eigenvalue weighted by atomic mass is 31.2. The molecule has 10 N–H and O–H groups in total. The number of hydrogen-bond donors (Lipinski definition) is 7. The van der Waals surface area contributed by atoms with E-state index in [9.17, 15) is 14.5 Å². The number of phosphoric ester groups is 1. The monoisotopic (exact) mass is 514 g/mol. The van der Waals surface area contributed by atoms with E-state index in [0.29, 0.717) is 26.0 Å². The lowest BCUT2D eigenvalue weighted by molar-refractivity contribution is -0.138. The smallest absolute Gasteiger partial charge is 0.469 e. The Morgan fingerprint density at radius 2 is 1.47 bits per heavy atom. The zero-order valence-corrected chi connectivity index (χ0v) is 21.4. The quantitative estimate of drug-likeness (QED) is 0.0506. The van der Waals surface area contributed by atoms with Crippen molar-refractivity contribution in [3.8, 4) is 0 Å². The topological polar surface area (TPSA) is 224 Å². The van der Waals surface area contributed by atoms with E-state index in [1.807, 2.05) is 0 Å². The van der Waals surface area contributed by atoms with Gasteiger partial charge in [-0.25, -0.2) is 4.57 Å². The molecule has 0 aromatic rings. The summed E-state index contributed by atoms with van der Waals surface area (Å²) in [5, 5.41) is 17.8. The summed E-state index contributed by atoms with van der Waals surface area (Å²) in [5.41, 5.74) is 15.3. The first kappa shape index (κ1) is 34.9. The number of nitrogens with zero attached hydrogens (tertiary/aromatic N) is 1. The second kappa shape index (κ2) is 23.5. The molecule has 12 nitrogen and oxygen atoms in total. The second-order valence-corrected chi connectivity index (χ2v) is 9.33. The Morgan fingerprint density at radius 3 is 1.94 bits per heavy atom. The minimum Gasteiger partial charge on any atom is -0.480 e. The van der Waals surface area contributed by atoms with Crippen molar-refractivity contribution in [1.82, 2.24) is 0 Å². The molecule has 13 heteroatoms. The molecular weight excluding hydrogens is 467 g/mol. The van der Waals surface area contributed by atoms with Gasteiger partial charge in [-0.2, -0.15) is 0 Å². The molecule has 0 aromatic carbocycles. The molecule has 204 valence electrons. The minimum atomic E-state index is -4.51. The Hall–Kier alpha value is -1.27. The van der Waals surface area contributed by atoms with Crippen LogP contribution in [0.25, 0.3) is 0 Å². The molecule has 1 unspecified atom stereocenters. The third-order valence-corrected chi connectivity index (χ3v) is 5.16. The Kier molecular flexibility index (Phi) is 24.1. The highest BCUT2D eigenvalue weighted by Crippen LogP contribution is 2.35. The van der Waals surface area contributed by atoms with Crippen LogP contribution in [-0.4, -0.2) is 70.4 Å². The summed E-state index contributed by atoms with van der Waals surface area (Å²) in [4.78, 5) is 30.8. The number of ether oxygens (including phenoxy) is 1. The normalized spacial score (nSPS) is 13.0. The third-order valence-electron chi connectivity index (χ3n) is 4.67. The number of aliphatic carboxylic acids is 1. The molecule has 0 aliphatic rings. The summed E-state index contributed by atoms with van der Waals surface area (Å²) in [6.45, 7) is 2.83. The molecule has 0 saturated carbocycles. The van der Waals surface area contributed by atoms with Crippen LogP contribution in [0.3, 0.4) is 0 Å². The first-order valence-electron chi connectivity index (χ1n) is 12.0. The standard InChI is InChI=1S/C15H33O6P.C6H14N4O2/c1-2-3-4-5-6-7-8-9-10-11-12-20-13-15(16)14-21-22(17,18)19;7-4(5(11)12)2-1-3-10-6(8)9/h15-16H,2-14H2,1H3,(H2,17,18,19);4H,1-3,7H2,(H,11,12)(H4,8,9,10)/t;4-/m.0/s1. The lowest BCUT2D eigenvalue weighted by atomic mass is 10.1. The second-order valence-electron chi connectivity index (χ2n) is 8.09. The van der Waals surface area contributed by atoms with Crippen molar-refractivity contribution >= 4 is 19.8 Å². The molecule has 0 heterocycles. The van der Waals surface area contributed by atoms with Crippen molar-refractivity contribution in [1.29, 1.82) is 0 Å². The number of carboxylic acids is 1. The molecule has 0 radical (unpaired) electrons. The Morgan fingerprint density at radius 1 is 0.941 bits per heavy atom. The van der Waals surface area contributed by atoms with Crippen molar-refractivity contribution in [3.63, 3.8) is 0 Å². The molecule has 2 atom stereocenters. The van der Waals surface area contributed by atoms with Crippen molar-refractivity contribution in [2.45, 2.75) is 96.1 Å². The fourth-order valence-corrected chi connectivity index (χ4v) is 3.15. The van der Waals surface area contributed by atoms with Gasteiger partial charge in [-0.1, -0.05) is 64.7 Å². The van der Waals surface area contributed by atoms with Crippen molar-refractivity contribution < 1.29 is 38.6 Å². The number of aliphatic hydroxyl groups is 1. The van der Waals surface area contributed by atoms with E-state index in [1.54, 1.807) is 0 Å². The summed E-state index contributed by atoms with van der Waals surface area (Å²) >= 11 is 0. The number of unbranched alkanes of at least 4 members (excludes halogenated alkanes) is 9. The van der Waals surface area contributed by atoms with E-state index in [-0.39, 0.29) is 12.6 Å². The van der Waals surface area contributed by atoms with Gasteiger partial charge < -0.3 is 41.9 Å². The molecule has 0 saturated heterocycles. The third kappa shape index (κ3) is 30.7. The predicted molar refractivity (Wildman–Crippen MR) is 132 cm³/mol. The maximum absolute atomic E-state index is 10.4. The maximum Gasteiger partial charge on any atom is 0.469 e. The minimum absolute atomic E-state index is 0.0129. The lowest BCUT2D eigenvalue weighted by Gasteiger charge is -2.12. The molecular formula is C21H47N4O8P. The van der Waals surface area contributed by atoms with Gasteiger partial charge in [-0.3, -0.25) is 14.3 Å². The van der Waals surface area contributed by atoms with Crippen molar-refractivity contribution in [3.05, 3.63) is 0 Å². The Labute approximate surface area is 203 Å². The highest BCUT2D eigenvalue weighted by molar-refractivity contribution is 7.46. The molecule has 0 amide bonds. The number of nitrogens with two attached hydrogens (primary N) is 3. The van der Waals surface area contributed by atoms with Gasteiger partial charge in [0, 0.05) is 13.2 Å². The zero-order chi connectivity index (χ0) is 26.2. The van der Waals surface area contributed by atoms with Crippen LogP contribution in [0.5, 0.6) is 0 Å². The van der Waals surface area contributed by atoms with Crippen LogP contribution >= 0.6 is 7.82 Å². The van der Waals surface area contributed by atoms with Crippen LogP contribution in [0.15, 0.2) is 4.99 Å². The van der Waals surface area contributed by atoms with E-state index in [2.05, 4.69) is 16.4 Å². The number of carbonyl (C=O) groups is 1. The molecule has 0 bridgehead atoms. The largest absolute Gasteiger partial charge is 0.480 e. The van der Waals surface area contributed by atoms with Crippen LogP contribution in [0.4, 0.5) is 0 Å². The molecule has 34 heavy (non-hydrogen) atoms. The van der Waals surface area contributed by atoms with Gasteiger partial charge in [0.2, 0.25) is 0 Å². The molecule has 0 aliphatic heterocycles. The zero-order valence-electron chi connectivity index (χ0n) is 20.5. The fourth-order valence-electron chi connectivity index (χ4n) is 2.79. The van der Waals surface area contributed by atoms with Crippen molar-refractivity contribution in [2.24, 2.45) is 22.2 Å². The molecule has 0 rings (SSSR count). The van der Waals surface area contributed by atoms with Crippen molar-refractivity contribution in [2.75, 3.05) is 26.4 Å². The van der Waals surface area contributed by atoms with Gasteiger partial charge in [0.1, 0.15) is 12.1 Å². The predicted octanol–water partition coefficient (Wildman–Crippen LogP) is 1.85. The number of carboxylic acid groups (broad SMARTS) is 1. The molecule has 0 fully saturated rings. The number of guanidine groups is 1. The van der Waals surface area contributed by atoms with Crippen LogP contribution < -0.4 is 17.2 Å². The highest BCUT2D eigenvalue weighted by Gasteiger charge is 2.16. The van der Waals surface area contributed by atoms with E-state index in [0.717, 1.165) is 12.8 Å². The first-order chi connectivity index (χ1) is 16.0. The summed E-state index contributed by atoms with van der Waals surface area (Å²) < 4.78 is 19.9. The summed E-state index contributed by atoms with van der Waals surface area (Å²) in [5.74, 6) is -0.987. The lowest BCUT2D eigenvalue weighted by Crippen LogP contribution is -2.30. The van der Waals surface area contributed by atoms with Crippen LogP contribution in [-0.2, 0) is 18.6 Å². The van der Waals surface area contributed by atoms with E-state index in [4.69, 9.17) is 36.8 Å². The van der Waals surface area contributed by atoms with Crippen LogP contribution in [0, 0.1) is 0 Å². The van der Waals surface area contributed by atoms with Gasteiger partial charge in [0.05, 0.1) is 13.2 Å². The number of rotatable bonds is 21. The summed E-state index contributed by atoms with van der Waals surface area (Å²) in [6, 6.07) is -0.820. The molecule has 0 aromatic heterocycles. The Bertz CT molecular complexity index is 559. The van der Waals surface area contributed by atoms with Gasteiger partial charge in [0.25, 0.3) is 0 Å². The van der Waals surface area contributed by atoms with E-state index >= 15 is 0 Å². The average Bonchev–Trinajstić information content (AvgIpc) is 2.75. The van der Waals surface area contributed by atoms with E-state index < -0.39 is 32.5 Å². The first-order valence-corrected chi connectivity index (χ1v) is 13.5. The number of aliphatic imine (C=N–C) groups is 1. The maximum atomic E-state index is 10.4. The van der Waals surface area contributed by atoms with Gasteiger partial charge >= 0.3 is 13.8 Å². The molecule has 0 aliphatic carbocycles. The summed E-state index contributed by atoms with van der Waals surface area (Å²) in [6.07, 6.45) is 12.5. The van der Waals surface area contributed by atoms with Gasteiger partial charge in [-0.15, -0.1) is 0 Å². The van der Waals surface area contributed by atoms with Gasteiger partial charge in [0.15, 0.2) is 5.96 Å². The van der Waals surface area contributed by atoms with E-state index in [1.165, 1.54) is 51.4 Å². The van der Waals surface area contributed by atoms with Crippen LogP contribution in [0.1, 0.15) is 84.0 Å². The number of hydrogen-bond acceptors (Lipinski definition) is 7. The molecule has 0 spiro atoms. The number of aliphatic hydroxyl groups excluding tert-OH is 1. The fraction of sp³-hybridized carbons (Fsp3) is 0.905. The van der Waals surface area contributed by atoms with Crippen LogP contribution in [0.2, 0.25) is 0 Å². The van der Waals surface area contributed by atoms with Gasteiger partial charge in [-0.05, 0) is 19.3 Å². The SMILES string of the molecule is CCCCCCCCCCCCOCC(O)COP(=O)(O)O.NC(N)=NCCC[C@H](N)C(=O)O.